The van der Waals surface area contributed by atoms with Gasteiger partial charge in [-0.25, -0.2) is 0 Å². The van der Waals surface area contributed by atoms with E-state index in [1.165, 1.54) is 36.8 Å². The van der Waals surface area contributed by atoms with Crippen LogP contribution in [0.25, 0.3) is 0 Å². The fraction of sp³-hybridized carbons (Fsp3) is 0.440. The van der Waals surface area contributed by atoms with Crippen molar-refractivity contribution >= 4 is 0 Å². The summed E-state index contributed by atoms with van der Waals surface area (Å²) in [4.78, 5) is 5.48. The summed E-state index contributed by atoms with van der Waals surface area (Å²) in [6.07, 6.45) is 10.1. The summed E-state index contributed by atoms with van der Waals surface area (Å²) in [7, 11) is 4.77. The van der Waals surface area contributed by atoms with Gasteiger partial charge in [-0.1, -0.05) is 72.8 Å². The van der Waals surface area contributed by atoms with Crippen LogP contribution in [0.1, 0.15) is 48.9 Å². The lowest BCUT2D eigenvalue weighted by Gasteiger charge is -2.46. The van der Waals surface area contributed by atoms with Crippen molar-refractivity contribution in [3.63, 3.8) is 0 Å². The highest BCUT2D eigenvalue weighted by molar-refractivity contribution is 5.32. The molecule has 0 radical (unpaired) electrons. The summed E-state index contributed by atoms with van der Waals surface area (Å²) in [5.41, 5.74) is 3.04. The Kier molecular flexibility index (Phi) is 4.22. The zero-order chi connectivity index (χ0) is 18.4. The molecule has 4 atom stereocenters. The van der Waals surface area contributed by atoms with E-state index in [1.807, 2.05) is 0 Å². The first-order valence-corrected chi connectivity index (χ1v) is 10.5. The highest BCUT2D eigenvalue weighted by Gasteiger charge is 2.61. The fourth-order valence-corrected chi connectivity index (χ4v) is 6.47. The Morgan fingerprint density at radius 2 is 1.33 bits per heavy atom. The van der Waals surface area contributed by atoms with Crippen molar-refractivity contribution in [1.82, 2.24) is 9.80 Å². The largest absolute Gasteiger partial charge is 0.279 e. The molecule has 5 rings (SSSR count). The van der Waals surface area contributed by atoms with E-state index in [9.17, 15) is 0 Å². The van der Waals surface area contributed by atoms with Gasteiger partial charge in [0, 0.05) is 0 Å². The highest BCUT2D eigenvalue weighted by atomic mass is 15.5. The van der Waals surface area contributed by atoms with Gasteiger partial charge in [0.15, 0.2) is 0 Å². The molecule has 2 aromatic carbocycles. The van der Waals surface area contributed by atoms with E-state index in [0.29, 0.717) is 12.1 Å². The average molecular weight is 359 g/mol. The smallest absolute Gasteiger partial charge is 0.0779 e. The van der Waals surface area contributed by atoms with Crippen molar-refractivity contribution in [2.45, 2.75) is 43.4 Å². The number of hydrogen-bond acceptors (Lipinski definition) is 2. The molecule has 3 aliphatic rings. The van der Waals surface area contributed by atoms with E-state index in [2.05, 4.69) is 96.7 Å². The van der Waals surface area contributed by atoms with Gasteiger partial charge in [-0.15, -0.1) is 0 Å². The Hall–Kier alpha value is -1.90. The van der Waals surface area contributed by atoms with Crippen LogP contribution in [0.5, 0.6) is 0 Å². The summed E-state index contributed by atoms with van der Waals surface area (Å²) in [5.74, 6) is 1.48. The molecule has 2 aliphatic carbocycles. The number of likely N-dealkylation sites (N-methyl/N-ethyl adjacent to an activating group) is 2. The van der Waals surface area contributed by atoms with Crippen molar-refractivity contribution in [3.05, 3.63) is 83.9 Å². The summed E-state index contributed by atoms with van der Waals surface area (Å²) in [6.45, 7) is 0. The van der Waals surface area contributed by atoms with Crippen LogP contribution in [0, 0.1) is 11.8 Å². The maximum atomic E-state index is 2.74. The molecule has 0 aromatic heterocycles. The Morgan fingerprint density at radius 1 is 0.778 bits per heavy atom. The minimum Gasteiger partial charge on any atom is -0.279 e. The molecule has 2 nitrogen and oxygen atoms in total. The third kappa shape index (κ3) is 2.47. The van der Waals surface area contributed by atoms with Crippen LogP contribution in [0.3, 0.4) is 0 Å². The van der Waals surface area contributed by atoms with E-state index in [0.717, 1.165) is 11.8 Å². The van der Waals surface area contributed by atoms with E-state index in [4.69, 9.17) is 0 Å². The second kappa shape index (κ2) is 6.61. The highest BCUT2D eigenvalue weighted by Crippen LogP contribution is 2.60. The number of fused-ring (bicyclic) bond motifs is 2. The first-order valence-electron chi connectivity index (χ1n) is 10.5. The van der Waals surface area contributed by atoms with Crippen LogP contribution in [0.15, 0.2) is 72.8 Å². The van der Waals surface area contributed by atoms with Crippen LogP contribution >= 0.6 is 0 Å². The van der Waals surface area contributed by atoms with Gasteiger partial charge in [0.05, 0.1) is 17.7 Å². The van der Waals surface area contributed by atoms with Crippen LogP contribution < -0.4 is 0 Å². The normalized spacial score (nSPS) is 32.8. The number of rotatable bonds is 2. The van der Waals surface area contributed by atoms with Crippen LogP contribution in [-0.4, -0.2) is 29.6 Å². The van der Waals surface area contributed by atoms with Crippen molar-refractivity contribution in [1.29, 1.82) is 0 Å². The summed E-state index contributed by atoms with van der Waals surface area (Å²) >= 11 is 0. The third-order valence-corrected chi connectivity index (χ3v) is 7.62. The molecule has 27 heavy (non-hydrogen) atoms. The molecule has 1 heterocycles. The maximum absolute atomic E-state index is 2.74. The Bertz CT molecular complexity index is 761. The first kappa shape index (κ1) is 17.2. The molecule has 2 aromatic rings. The molecule has 2 fully saturated rings. The first-order chi connectivity index (χ1) is 13.2. The van der Waals surface area contributed by atoms with E-state index in [-0.39, 0.29) is 5.66 Å². The van der Waals surface area contributed by atoms with Crippen LogP contribution in [-0.2, 0) is 0 Å². The molecule has 0 amide bonds. The minimum atomic E-state index is 0.163. The standard InChI is InChI=1S/C25H30N2/c1-26-23(20-12-5-3-6-13-20)24(21-14-7-4-8-15-21)27(2)25(26)18-17-19-11-9-10-16-22(19)25/h3-9,11-15,19,22-24H,10,16-18H2,1-2H3/t19-,22+,23+,24+/m1/s1. The molecule has 1 aliphatic heterocycles. The lowest BCUT2D eigenvalue weighted by molar-refractivity contribution is -0.0171. The number of nitrogens with zero attached hydrogens (tertiary/aromatic N) is 2. The Labute approximate surface area is 163 Å². The van der Waals surface area contributed by atoms with Crippen molar-refractivity contribution in [2.75, 3.05) is 14.1 Å². The van der Waals surface area contributed by atoms with Crippen molar-refractivity contribution in [3.8, 4) is 0 Å². The van der Waals surface area contributed by atoms with Gasteiger partial charge in [0.25, 0.3) is 0 Å². The number of allylic oxidation sites excluding steroid dienone is 2. The minimum absolute atomic E-state index is 0.163. The molecule has 2 heteroatoms. The molecule has 1 saturated carbocycles. The van der Waals surface area contributed by atoms with Crippen LogP contribution in [0.2, 0.25) is 0 Å². The lowest BCUT2D eigenvalue weighted by atomic mass is 9.81. The van der Waals surface area contributed by atoms with E-state index < -0.39 is 0 Å². The summed E-state index contributed by atoms with van der Waals surface area (Å²) < 4.78 is 0. The zero-order valence-electron chi connectivity index (χ0n) is 16.5. The predicted molar refractivity (Wildman–Crippen MR) is 111 cm³/mol. The molecular formula is C25H30N2. The van der Waals surface area contributed by atoms with Crippen molar-refractivity contribution < 1.29 is 0 Å². The van der Waals surface area contributed by atoms with Gasteiger partial charge in [-0.3, -0.25) is 9.80 Å². The van der Waals surface area contributed by atoms with Crippen molar-refractivity contribution in [2.24, 2.45) is 11.8 Å². The molecule has 0 N–H and O–H groups in total. The second-order valence-corrected chi connectivity index (χ2v) is 8.63. The van der Waals surface area contributed by atoms with Gasteiger partial charge >= 0.3 is 0 Å². The molecular weight excluding hydrogens is 328 g/mol. The maximum Gasteiger partial charge on any atom is 0.0779 e. The topological polar surface area (TPSA) is 6.48 Å². The molecule has 140 valence electrons. The fourth-order valence-electron chi connectivity index (χ4n) is 6.47. The van der Waals surface area contributed by atoms with Gasteiger partial charge in [0.1, 0.15) is 0 Å². The summed E-state index contributed by atoms with van der Waals surface area (Å²) in [6, 6.07) is 23.1. The van der Waals surface area contributed by atoms with E-state index in [1.54, 1.807) is 0 Å². The Balaban J connectivity index is 1.64. The van der Waals surface area contributed by atoms with Crippen LogP contribution in [0.4, 0.5) is 0 Å². The average Bonchev–Trinajstić information content (AvgIpc) is 3.22. The van der Waals surface area contributed by atoms with Gasteiger partial charge in [-0.05, 0) is 62.7 Å². The third-order valence-electron chi connectivity index (χ3n) is 7.62. The van der Waals surface area contributed by atoms with Gasteiger partial charge in [0.2, 0.25) is 0 Å². The van der Waals surface area contributed by atoms with E-state index >= 15 is 0 Å². The van der Waals surface area contributed by atoms with Gasteiger partial charge in [-0.2, -0.15) is 0 Å². The van der Waals surface area contributed by atoms with Gasteiger partial charge < -0.3 is 0 Å². The quantitative estimate of drug-likeness (QED) is 0.662. The molecule has 0 unspecified atom stereocenters. The second-order valence-electron chi connectivity index (χ2n) is 8.63. The SMILES string of the molecule is CN1[C@@H](c2ccccc2)[C@H](c2ccccc2)N(C)C12CC[C@H]1C=CCC[C@@H]12. The zero-order valence-corrected chi connectivity index (χ0v) is 16.5. The lowest BCUT2D eigenvalue weighted by Crippen LogP contribution is -2.54. The number of benzene rings is 2. The number of hydrogen-bond donors (Lipinski definition) is 0. The molecule has 1 spiro atoms. The monoisotopic (exact) mass is 358 g/mol. The molecule has 0 bridgehead atoms. The Morgan fingerprint density at radius 3 is 1.89 bits per heavy atom. The summed E-state index contributed by atoms with van der Waals surface area (Å²) in [5, 5.41) is 0. The predicted octanol–water partition coefficient (Wildman–Crippen LogP) is 5.42. The molecule has 1 saturated heterocycles.